The molecule has 0 radical (unpaired) electrons. The van der Waals surface area contributed by atoms with E-state index in [0.717, 1.165) is 6.54 Å². The van der Waals surface area contributed by atoms with E-state index in [-0.39, 0.29) is 11.9 Å². The minimum atomic E-state index is -0.366. The Morgan fingerprint density at radius 2 is 2.53 bits per heavy atom. The number of aromatic nitrogens is 1. The molecule has 1 atom stereocenters. The van der Waals surface area contributed by atoms with E-state index < -0.39 is 0 Å². The van der Waals surface area contributed by atoms with E-state index in [4.69, 9.17) is 5.26 Å². The molecule has 5 nitrogen and oxygen atoms in total. The predicted molar refractivity (Wildman–Crippen MR) is 54.1 cm³/mol. The largest absolute Gasteiger partial charge is 0.357 e. The normalized spacial score (nSPS) is 21.0. The van der Waals surface area contributed by atoms with Crippen LogP contribution in [0.2, 0.25) is 0 Å². The van der Waals surface area contributed by atoms with E-state index in [1.807, 2.05) is 0 Å². The van der Waals surface area contributed by atoms with Crippen LogP contribution in [-0.2, 0) is 0 Å². The Kier molecular flexibility index (Phi) is 2.70. The van der Waals surface area contributed by atoms with Crippen LogP contribution in [0.5, 0.6) is 0 Å². The molecule has 0 bridgehead atoms. The lowest BCUT2D eigenvalue weighted by atomic mass is 10.2. The summed E-state index contributed by atoms with van der Waals surface area (Å²) in [7, 11) is 0. The van der Waals surface area contributed by atoms with Crippen LogP contribution >= 0.6 is 0 Å². The van der Waals surface area contributed by atoms with Gasteiger partial charge in [-0.2, -0.15) is 5.26 Å². The average molecular weight is 204 g/mol. The molecule has 5 heteroatoms. The minimum absolute atomic E-state index is 0.104. The Hall–Kier alpha value is -1.80. The Balaban J connectivity index is 2.15. The molecule has 1 fully saturated rings. The highest BCUT2D eigenvalue weighted by atomic mass is 16.2. The van der Waals surface area contributed by atoms with Crippen molar-refractivity contribution in [2.75, 3.05) is 19.6 Å². The fourth-order valence-corrected chi connectivity index (χ4v) is 1.68. The topological polar surface area (TPSA) is 71.9 Å². The Morgan fingerprint density at radius 1 is 1.67 bits per heavy atom. The SMILES string of the molecule is N#CC1CNCCN1C(=O)c1ccc[nH]1. The van der Waals surface area contributed by atoms with Gasteiger partial charge >= 0.3 is 0 Å². The number of hydrogen-bond donors (Lipinski definition) is 2. The summed E-state index contributed by atoms with van der Waals surface area (Å²) in [6, 6.07) is 5.26. The molecule has 1 amide bonds. The molecule has 0 saturated carbocycles. The molecule has 2 rings (SSSR count). The zero-order valence-corrected chi connectivity index (χ0v) is 8.23. The van der Waals surface area contributed by atoms with Crippen molar-refractivity contribution in [1.29, 1.82) is 5.26 Å². The molecule has 1 aromatic heterocycles. The molecular formula is C10H12N4O. The molecule has 0 spiro atoms. The maximum atomic E-state index is 11.9. The van der Waals surface area contributed by atoms with E-state index in [9.17, 15) is 4.79 Å². The van der Waals surface area contributed by atoms with Crippen molar-refractivity contribution < 1.29 is 4.79 Å². The maximum Gasteiger partial charge on any atom is 0.271 e. The third kappa shape index (κ3) is 1.85. The number of aromatic amines is 1. The molecule has 0 aromatic carbocycles. The van der Waals surface area contributed by atoms with Gasteiger partial charge in [-0.25, -0.2) is 0 Å². The highest BCUT2D eigenvalue weighted by Crippen LogP contribution is 2.08. The van der Waals surface area contributed by atoms with Crippen LogP contribution in [0.25, 0.3) is 0 Å². The van der Waals surface area contributed by atoms with Crippen molar-refractivity contribution >= 4 is 5.91 Å². The summed E-state index contributed by atoms with van der Waals surface area (Å²) in [4.78, 5) is 16.4. The standard InChI is InChI=1S/C10H12N4O/c11-6-8-7-12-4-5-14(8)10(15)9-2-1-3-13-9/h1-3,8,12-13H,4-5,7H2. The molecule has 1 saturated heterocycles. The van der Waals surface area contributed by atoms with Gasteiger partial charge in [0.25, 0.3) is 5.91 Å². The van der Waals surface area contributed by atoms with Crippen molar-refractivity contribution in [3.05, 3.63) is 24.0 Å². The summed E-state index contributed by atoms with van der Waals surface area (Å²) in [6.07, 6.45) is 1.71. The lowest BCUT2D eigenvalue weighted by molar-refractivity contribution is 0.0682. The van der Waals surface area contributed by atoms with E-state index in [1.54, 1.807) is 23.2 Å². The van der Waals surface area contributed by atoms with Gasteiger partial charge in [-0.15, -0.1) is 0 Å². The summed E-state index contributed by atoms with van der Waals surface area (Å²) in [5.41, 5.74) is 0.539. The molecule has 78 valence electrons. The van der Waals surface area contributed by atoms with E-state index >= 15 is 0 Å². The van der Waals surface area contributed by atoms with Gasteiger partial charge in [0.15, 0.2) is 0 Å². The van der Waals surface area contributed by atoms with Crippen LogP contribution in [-0.4, -0.2) is 41.5 Å². The van der Waals surface area contributed by atoms with Crippen molar-refractivity contribution in [1.82, 2.24) is 15.2 Å². The van der Waals surface area contributed by atoms with Crippen LogP contribution in [0.15, 0.2) is 18.3 Å². The third-order valence-electron chi connectivity index (χ3n) is 2.48. The second-order valence-corrected chi connectivity index (χ2v) is 3.43. The second kappa shape index (κ2) is 4.15. The van der Waals surface area contributed by atoms with Crippen LogP contribution in [0.4, 0.5) is 0 Å². The third-order valence-corrected chi connectivity index (χ3v) is 2.48. The molecular weight excluding hydrogens is 192 g/mol. The number of nitrogens with zero attached hydrogens (tertiary/aromatic N) is 2. The van der Waals surface area contributed by atoms with Gasteiger partial charge in [0.1, 0.15) is 11.7 Å². The molecule has 1 aromatic rings. The molecule has 0 aliphatic carbocycles. The zero-order chi connectivity index (χ0) is 10.7. The highest BCUT2D eigenvalue weighted by Gasteiger charge is 2.27. The molecule has 1 aliphatic rings. The van der Waals surface area contributed by atoms with Gasteiger partial charge in [0.05, 0.1) is 6.07 Å². The van der Waals surface area contributed by atoms with Gasteiger partial charge in [-0.1, -0.05) is 0 Å². The summed E-state index contributed by atoms with van der Waals surface area (Å²) in [5, 5.41) is 12.0. The number of piperazine rings is 1. The molecule has 2 heterocycles. The van der Waals surface area contributed by atoms with Gasteiger partial charge in [0, 0.05) is 25.8 Å². The smallest absolute Gasteiger partial charge is 0.271 e. The molecule has 1 unspecified atom stereocenters. The monoisotopic (exact) mass is 204 g/mol. The molecule has 15 heavy (non-hydrogen) atoms. The van der Waals surface area contributed by atoms with Crippen LogP contribution in [0.1, 0.15) is 10.5 Å². The predicted octanol–water partition coefficient (Wildman–Crippen LogP) is -0.0477. The van der Waals surface area contributed by atoms with Gasteiger partial charge in [-0.05, 0) is 12.1 Å². The molecule has 2 N–H and O–H groups in total. The van der Waals surface area contributed by atoms with Crippen LogP contribution in [0, 0.1) is 11.3 Å². The summed E-state index contributed by atoms with van der Waals surface area (Å²) >= 11 is 0. The lowest BCUT2D eigenvalue weighted by Gasteiger charge is -2.31. The van der Waals surface area contributed by atoms with Crippen molar-refractivity contribution in [3.8, 4) is 6.07 Å². The Morgan fingerprint density at radius 3 is 3.20 bits per heavy atom. The summed E-state index contributed by atoms with van der Waals surface area (Å²) < 4.78 is 0. The molecule has 1 aliphatic heterocycles. The average Bonchev–Trinajstić information content (AvgIpc) is 2.81. The van der Waals surface area contributed by atoms with Crippen molar-refractivity contribution in [2.24, 2.45) is 0 Å². The number of nitriles is 1. The minimum Gasteiger partial charge on any atom is -0.357 e. The van der Waals surface area contributed by atoms with E-state index in [0.29, 0.717) is 18.8 Å². The number of hydrogen-bond acceptors (Lipinski definition) is 3. The summed E-state index contributed by atoms with van der Waals surface area (Å²) in [5.74, 6) is -0.104. The number of carbonyl (C=O) groups is 1. The first kappa shape index (κ1) is 9.74. The van der Waals surface area contributed by atoms with Gasteiger partial charge in [-0.3, -0.25) is 4.79 Å². The van der Waals surface area contributed by atoms with Gasteiger partial charge in [0.2, 0.25) is 0 Å². The second-order valence-electron chi connectivity index (χ2n) is 3.43. The number of rotatable bonds is 1. The number of amides is 1. The van der Waals surface area contributed by atoms with E-state index in [2.05, 4.69) is 16.4 Å². The number of nitrogens with one attached hydrogen (secondary N) is 2. The first-order valence-electron chi connectivity index (χ1n) is 4.87. The lowest BCUT2D eigenvalue weighted by Crippen LogP contribution is -2.53. The Labute approximate surface area is 87.7 Å². The fraction of sp³-hybridized carbons (Fsp3) is 0.400. The van der Waals surface area contributed by atoms with Crippen molar-refractivity contribution in [3.63, 3.8) is 0 Å². The summed E-state index contributed by atoms with van der Waals surface area (Å²) in [6.45, 7) is 1.86. The first-order valence-corrected chi connectivity index (χ1v) is 4.87. The first-order chi connectivity index (χ1) is 7.33. The van der Waals surface area contributed by atoms with Gasteiger partial charge < -0.3 is 15.2 Å². The quantitative estimate of drug-likeness (QED) is 0.673. The zero-order valence-electron chi connectivity index (χ0n) is 8.23. The van der Waals surface area contributed by atoms with Crippen LogP contribution < -0.4 is 5.32 Å². The highest BCUT2D eigenvalue weighted by molar-refractivity contribution is 5.92. The number of carbonyl (C=O) groups excluding carboxylic acids is 1. The van der Waals surface area contributed by atoms with Crippen LogP contribution in [0.3, 0.4) is 0 Å². The van der Waals surface area contributed by atoms with E-state index in [1.165, 1.54) is 0 Å². The van der Waals surface area contributed by atoms with Crippen molar-refractivity contribution in [2.45, 2.75) is 6.04 Å². The fourth-order valence-electron chi connectivity index (χ4n) is 1.68. The Bertz CT molecular complexity index is 379. The maximum absolute atomic E-state index is 11.9. The number of H-pyrrole nitrogens is 1.